The van der Waals surface area contributed by atoms with E-state index in [1.165, 1.54) is 0 Å². The normalized spacial score (nSPS) is 19.2. The molecule has 1 aliphatic heterocycles. The Morgan fingerprint density at radius 2 is 1.35 bits per heavy atom. The molecule has 23 heavy (non-hydrogen) atoms. The van der Waals surface area contributed by atoms with Gasteiger partial charge >= 0.3 is 7.12 Å². The molecule has 1 aromatic carbocycles. The second-order valence-corrected chi connectivity index (χ2v) is 6.44. The van der Waals surface area contributed by atoms with Crippen LogP contribution in [0.4, 0.5) is 0 Å². The van der Waals surface area contributed by atoms with Crippen molar-refractivity contribution in [3.8, 4) is 17.2 Å². The van der Waals surface area contributed by atoms with Crippen LogP contribution in [0, 0.1) is 0 Å². The lowest BCUT2D eigenvalue weighted by molar-refractivity contribution is 0.00578. The Hall–Kier alpha value is -1.66. The Morgan fingerprint density at radius 3 is 1.74 bits per heavy atom. The zero-order valence-corrected chi connectivity index (χ0v) is 14.9. The largest absolute Gasteiger partial charge is 0.493 e. The van der Waals surface area contributed by atoms with Gasteiger partial charge in [-0.25, -0.2) is 0 Å². The van der Waals surface area contributed by atoms with Gasteiger partial charge in [-0.05, 0) is 45.4 Å². The molecular weight excluding hydrogens is 295 g/mol. The third-order valence-electron chi connectivity index (χ3n) is 4.40. The molecule has 1 aliphatic rings. The number of hydrogen-bond acceptors (Lipinski definition) is 5. The fraction of sp³-hybridized carbons (Fsp3) is 0.529. The molecule has 0 radical (unpaired) electrons. The summed E-state index contributed by atoms with van der Waals surface area (Å²) in [7, 11) is 4.39. The van der Waals surface area contributed by atoms with E-state index in [-0.39, 0.29) is 18.3 Å². The maximum Gasteiger partial charge on any atom is 0.487 e. The van der Waals surface area contributed by atoms with Crippen molar-refractivity contribution in [3.05, 3.63) is 23.7 Å². The van der Waals surface area contributed by atoms with Crippen molar-refractivity contribution in [1.29, 1.82) is 0 Å². The highest BCUT2D eigenvalue weighted by Crippen LogP contribution is 2.39. The van der Waals surface area contributed by atoms with E-state index in [4.69, 9.17) is 23.5 Å². The molecule has 1 aromatic rings. The first kappa shape index (κ1) is 17.7. The van der Waals surface area contributed by atoms with Gasteiger partial charge in [-0.2, -0.15) is 0 Å². The Bertz CT molecular complexity index is 554. The van der Waals surface area contributed by atoms with E-state index in [9.17, 15) is 0 Å². The molecule has 0 aliphatic carbocycles. The number of hydrogen-bond donors (Lipinski definition) is 0. The van der Waals surface area contributed by atoms with E-state index in [1.54, 1.807) is 21.3 Å². The summed E-state index contributed by atoms with van der Waals surface area (Å²) in [6.07, 6.45) is 1.92. The Labute approximate surface area is 138 Å². The minimum absolute atomic E-state index is 0.350. The van der Waals surface area contributed by atoms with E-state index in [1.807, 2.05) is 51.9 Å². The monoisotopic (exact) mass is 320 g/mol. The average Bonchev–Trinajstić information content (AvgIpc) is 2.71. The molecule has 1 fully saturated rings. The summed E-state index contributed by atoms with van der Waals surface area (Å²) in [4.78, 5) is 0. The van der Waals surface area contributed by atoms with Gasteiger partial charge in [-0.3, -0.25) is 0 Å². The zero-order chi connectivity index (χ0) is 17.3. The first-order chi connectivity index (χ1) is 10.7. The van der Waals surface area contributed by atoms with Gasteiger partial charge in [0.2, 0.25) is 5.75 Å². The molecule has 0 atom stereocenters. The summed E-state index contributed by atoms with van der Waals surface area (Å²) in [5.74, 6) is 3.68. The lowest BCUT2D eigenvalue weighted by Crippen LogP contribution is -2.41. The van der Waals surface area contributed by atoms with Crippen LogP contribution in [0.25, 0.3) is 6.08 Å². The van der Waals surface area contributed by atoms with Crippen molar-refractivity contribution < 1.29 is 23.5 Å². The molecule has 1 heterocycles. The van der Waals surface area contributed by atoms with E-state index in [0.717, 1.165) is 5.56 Å². The van der Waals surface area contributed by atoms with Gasteiger partial charge in [0.15, 0.2) is 11.5 Å². The maximum atomic E-state index is 5.95. The van der Waals surface area contributed by atoms with Crippen molar-refractivity contribution >= 4 is 13.2 Å². The van der Waals surface area contributed by atoms with Crippen molar-refractivity contribution in [2.75, 3.05) is 21.3 Å². The SMILES string of the molecule is COc1cc(/C=C/B2OC(C)(C)C(C)(C)O2)cc(OC)c1OC. The molecule has 6 heteroatoms. The molecule has 5 nitrogen and oxygen atoms in total. The molecule has 0 amide bonds. The standard InChI is InChI=1S/C17H25BO5/c1-16(2)17(3,4)23-18(22-16)9-8-12-10-13(19-5)15(21-7)14(11-12)20-6/h8-11H,1-7H3/b9-8+. The highest BCUT2D eigenvalue weighted by atomic mass is 16.7. The van der Waals surface area contributed by atoms with Crippen molar-refractivity contribution in [1.82, 2.24) is 0 Å². The molecule has 0 saturated carbocycles. The van der Waals surface area contributed by atoms with Crippen molar-refractivity contribution in [3.63, 3.8) is 0 Å². The molecular formula is C17H25BO5. The van der Waals surface area contributed by atoms with Crippen LogP contribution in [0.1, 0.15) is 33.3 Å². The lowest BCUT2D eigenvalue weighted by atomic mass is 9.89. The third kappa shape index (κ3) is 3.48. The Balaban J connectivity index is 2.24. The number of rotatable bonds is 5. The molecule has 0 N–H and O–H groups in total. The van der Waals surface area contributed by atoms with Crippen LogP contribution in [0.3, 0.4) is 0 Å². The fourth-order valence-corrected chi connectivity index (χ4v) is 2.35. The quantitative estimate of drug-likeness (QED) is 0.779. The molecule has 2 rings (SSSR count). The number of ether oxygens (including phenoxy) is 3. The summed E-state index contributed by atoms with van der Waals surface area (Å²) in [6, 6.07) is 3.76. The molecule has 0 spiro atoms. The second-order valence-electron chi connectivity index (χ2n) is 6.44. The summed E-state index contributed by atoms with van der Waals surface area (Å²) >= 11 is 0. The van der Waals surface area contributed by atoms with Crippen LogP contribution in [0.2, 0.25) is 0 Å². The fourth-order valence-electron chi connectivity index (χ4n) is 2.35. The van der Waals surface area contributed by atoms with Crippen molar-refractivity contribution in [2.24, 2.45) is 0 Å². The van der Waals surface area contributed by atoms with E-state index >= 15 is 0 Å². The predicted octanol–water partition coefficient (Wildman–Crippen LogP) is 3.36. The Kier molecular flexibility index (Phi) is 4.97. The van der Waals surface area contributed by atoms with Crippen LogP contribution in [-0.2, 0) is 9.31 Å². The highest BCUT2D eigenvalue weighted by molar-refractivity contribution is 6.52. The summed E-state index contributed by atoms with van der Waals surface area (Å²) in [5, 5.41) is 0. The first-order valence-corrected chi connectivity index (χ1v) is 7.58. The molecule has 0 aromatic heterocycles. The highest BCUT2D eigenvalue weighted by Gasteiger charge is 2.49. The second kappa shape index (κ2) is 6.45. The Morgan fingerprint density at radius 1 is 0.870 bits per heavy atom. The van der Waals surface area contributed by atoms with Gasteiger partial charge in [0.25, 0.3) is 0 Å². The zero-order valence-electron chi connectivity index (χ0n) is 14.9. The number of methoxy groups -OCH3 is 3. The van der Waals surface area contributed by atoms with Gasteiger partial charge in [-0.15, -0.1) is 0 Å². The number of benzene rings is 1. The molecule has 126 valence electrons. The van der Waals surface area contributed by atoms with E-state index in [0.29, 0.717) is 17.2 Å². The maximum absolute atomic E-state index is 5.95. The minimum Gasteiger partial charge on any atom is -0.493 e. The molecule has 1 saturated heterocycles. The minimum atomic E-state index is -0.390. The third-order valence-corrected chi connectivity index (χ3v) is 4.40. The van der Waals surface area contributed by atoms with E-state index < -0.39 is 0 Å². The van der Waals surface area contributed by atoms with Crippen LogP contribution in [0.15, 0.2) is 18.1 Å². The average molecular weight is 320 g/mol. The smallest absolute Gasteiger partial charge is 0.487 e. The van der Waals surface area contributed by atoms with Gasteiger partial charge in [0.1, 0.15) is 0 Å². The molecule has 0 unspecified atom stereocenters. The van der Waals surface area contributed by atoms with Gasteiger partial charge in [-0.1, -0.05) is 12.1 Å². The van der Waals surface area contributed by atoms with Crippen LogP contribution >= 0.6 is 0 Å². The van der Waals surface area contributed by atoms with Gasteiger partial charge in [0.05, 0.1) is 32.5 Å². The van der Waals surface area contributed by atoms with Crippen LogP contribution in [-0.4, -0.2) is 39.6 Å². The van der Waals surface area contributed by atoms with Crippen LogP contribution in [0.5, 0.6) is 17.2 Å². The first-order valence-electron chi connectivity index (χ1n) is 7.58. The van der Waals surface area contributed by atoms with Crippen LogP contribution < -0.4 is 14.2 Å². The van der Waals surface area contributed by atoms with Gasteiger partial charge < -0.3 is 23.5 Å². The predicted molar refractivity (Wildman–Crippen MR) is 91.2 cm³/mol. The topological polar surface area (TPSA) is 46.2 Å². The molecule has 0 bridgehead atoms. The van der Waals surface area contributed by atoms with Crippen molar-refractivity contribution in [2.45, 2.75) is 38.9 Å². The van der Waals surface area contributed by atoms with Gasteiger partial charge in [0, 0.05) is 0 Å². The van der Waals surface area contributed by atoms with E-state index in [2.05, 4.69) is 0 Å². The summed E-state index contributed by atoms with van der Waals surface area (Å²) < 4.78 is 27.9. The summed E-state index contributed by atoms with van der Waals surface area (Å²) in [6.45, 7) is 8.11. The summed E-state index contributed by atoms with van der Waals surface area (Å²) in [5.41, 5.74) is 0.211. The lowest BCUT2D eigenvalue weighted by Gasteiger charge is -2.32.